The molecule has 15 heavy (non-hydrogen) atoms. The average molecular weight is 269 g/mol. The first-order chi connectivity index (χ1) is 7.16. The minimum absolute atomic E-state index is 0.0764. The van der Waals surface area contributed by atoms with Crippen molar-refractivity contribution in [2.24, 2.45) is 0 Å². The molecule has 0 spiro atoms. The van der Waals surface area contributed by atoms with E-state index in [-0.39, 0.29) is 5.56 Å². The number of aromatic nitrogens is 2. The Morgan fingerprint density at radius 3 is 2.87 bits per heavy atom. The van der Waals surface area contributed by atoms with E-state index in [1.807, 2.05) is 0 Å². The minimum atomic E-state index is -1.04. The second-order valence-electron chi connectivity index (χ2n) is 2.74. The van der Waals surface area contributed by atoms with Crippen LogP contribution in [0.5, 0.6) is 0 Å². The van der Waals surface area contributed by atoms with E-state index >= 15 is 0 Å². The third kappa shape index (κ3) is 2.04. The van der Waals surface area contributed by atoms with Crippen LogP contribution in [0, 0.1) is 0 Å². The Balaban J connectivity index is 2.45. The zero-order chi connectivity index (χ0) is 10.8. The van der Waals surface area contributed by atoms with Crippen LogP contribution in [0.1, 0.15) is 10.4 Å². The molecule has 0 aromatic carbocycles. The van der Waals surface area contributed by atoms with Crippen molar-refractivity contribution in [1.82, 2.24) is 10.2 Å². The van der Waals surface area contributed by atoms with Gasteiger partial charge in [-0.2, -0.15) is 5.10 Å². The molecule has 2 aromatic heterocycles. The van der Waals surface area contributed by atoms with Gasteiger partial charge in [-0.05, 0) is 34.1 Å². The van der Waals surface area contributed by atoms with Gasteiger partial charge >= 0.3 is 5.97 Å². The van der Waals surface area contributed by atoms with Gasteiger partial charge in [-0.3, -0.25) is 0 Å². The molecule has 0 aliphatic rings. The number of carbonyl (C=O) groups is 1. The summed E-state index contributed by atoms with van der Waals surface area (Å²) in [5.41, 5.74) is 0.466. The van der Waals surface area contributed by atoms with Gasteiger partial charge in [0.25, 0.3) is 0 Å². The van der Waals surface area contributed by atoms with Crippen LogP contribution in [0.15, 0.2) is 33.5 Å². The van der Waals surface area contributed by atoms with Gasteiger partial charge in [-0.15, -0.1) is 5.10 Å². The maximum atomic E-state index is 10.7. The van der Waals surface area contributed by atoms with Gasteiger partial charge in [0.15, 0.2) is 10.4 Å². The first-order valence-corrected chi connectivity index (χ1v) is 4.78. The van der Waals surface area contributed by atoms with Gasteiger partial charge in [0.05, 0.1) is 11.8 Å². The van der Waals surface area contributed by atoms with E-state index in [2.05, 4.69) is 26.1 Å². The molecule has 0 fully saturated rings. The van der Waals surface area contributed by atoms with E-state index < -0.39 is 5.97 Å². The zero-order valence-electron chi connectivity index (χ0n) is 7.35. The van der Waals surface area contributed by atoms with Crippen molar-refractivity contribution in [2.45, 2.75) is 0 Å². The van der Waals surface area contributed by atoms with Crippen molar-refractivity contribution in [3.8, 4) is 11.5 Å². The number of furan rings is 1. The molecule has 2 aromatic rings. The predicted molar refractivity (Wildman–Crippen MR) is 54.4 cm³/mol. The molecule has 6 heteroatoms. The van der Waals surface area contributed by atoms with Gasteiger partial charge in [-0.1, -0.05) is 0 Å². The normalized spacial score (nSPS) is 10.2. The molecule has 1 N–H and O–H groups in total. The number of nitrogens with zero attached hydrogens (tertiary/aromatic N) is 2. The Bertz CT molecular complexity index is 510. The molecule has 0 aliphatic heterocycles. The molecule has 0 bridgehead atoms. The van der Waals surface area contributed by atoms with Crippen LogP contribution >= 0.6 is 15.9 Å². The van der Waals surface area contributed by atoms with Crippen LogP contribution < -0.4 is 0 Å². The number of halogens is 1. The van der Waals surface area contributed by atoms with Crippen molar-refractivity contribution < 1.29 is 14.3 Å². The van der Waals surface area contributed by atoms with E-state index in [1.54, 1.807) is 12.1 Å². The van der Waals surface area contributed by atoms with Gasteiger partial charge in [0, 0.05) is 0 Å². The lowest BCUT2D eigenvalue weighted by Crippen LogP contribution is -1.99. The summed E-state index contributed by atoms with van der Waals surface area (Å²) in [4.78, 5) is 10.7. The molecule has 0 aliphatic carbocycles. The highest BCUT2D eigenvalue weighted by atomic mass is 79.9. The van der Waals surface area contributed by atoms with Crippen molar-refractivity contribution in [2.75, 3.05) is 0 Å². The third-order valence-corrected chi connectivity index (χ3v) is 2.15. The average Bonchev–Trinajstić information content (AvgIpc) is 2.65. The standard InChI is InChI=1S/C9H5BrN2O3/c10-8-2-1-7(15-8)6-3-5(9(13)14)4-11-12-6/h1-4H,(H,13,14). The Morgan fingerprint density at radius 1 is 1.47 bits per heavy atom. The van der Waals surface area contributed by atoms with Crippen molar-refractivity contribution in [1.29, 1.82) is 0 Å². The van der Waals surface area contributed by atoms with Gasteiger partial charge in [-0.25, -0.2) is 4.79 Å². The van der Waals surface area contributed by atoms with Crippen LogP contribution in [0.3, 0.4) is 0 Å². The lowest BCUT2D eigenvalue weighted by Gasteiger charge is -1.96. The van der Waals surface area contributed by atoms with E-state index in [4.69, 9.17) is 9.52 Å². The number of hydrogen-bond donors (Lipinski definition) is 1. The number of carboxylic acids is 1. The van der Waals surface area contributed by atoms with Crippen LogP contribution in [0.2, 0.25) is 0 Å². The molecule has 2 heterocycles. The molecule has 76 valence electrons. The summed E-state index contributed by atoms with van der Waals surface area (Å²) in [6, 6.07) is 4.78. The van der Waals surface area contributed by atoms with Crippen LogP contribution in [-0.2, 0) is 0 Å². The quantitative estimate of drug-likeness (QED) is 0.904. The molecule has 0 unspecified atom stereocenters. The summed E-state index contributed by atoms with van der Waals surface area (Å²) in [6.45, 7) is 0. The summed E-state index contributed by atoms with van der Waals surface area (Å²) in [6.07, 6.45) is 1.18. The van der Waals surface area contributed by atoms with Gasteiger partial charge < -0.3 is 9.52 Å². The van der Waals surface area contributed by atoms with E-state index in [0.717, 1.165) is 0 Å². The highest BCUT2D eigenvalue weighted by Gasteiger charge is 2.09. The SMILES string of the molecule is O=C(O)c1cnnc(-c2ccc(Br)o2)c1. The number of aromatic carboxylic acids is 1. The smallest absolute Gasteiger partial charge is 0.337 e. The molecular formula is C9H5BrN2O3. The largest absolute Gasteiger partial charge is 0.478 e. The Hall–Kier alpha value is -1.69. The van der Waals surface area contributed by atoms with Gasteiger partial charge in [0.2, 0.25) is 0 Å². The monoisotopic (exact) mass is 268 g/mol. The molecule has 0 atom stereocenters. The molecule has 0 saturated heterocycles. The molecule has 0 radical (unpaired) electrons. The maximum Gasteiger partial charge on any atom is 0.337 e. The van der Waals surface area contributed by atoms with Crippen LogP contribution in [0.4, 0.5) is 0 Å². The van der Waals surface area contributed by atoms with Gasteiger partial charge in [0.1, 0.15) is 5.69 Å². The summed E-state index contributed by atoms with van der Waals surface area (Å²) in [5.74, 6) is -0.575. The Kier molecular flexibility index (Phi) is 2.51. The topological polar surface area (TPSA) is 76.2 Å². The fourth-order valence-electron chi connectivity index (χ4n) is 1.06. The fraction of sp³-hybridized carbons (Fsp3) is 0. The van der Waals surface area contributed by atoms with Crippen molar-refractivity contribution >= 4 is 21.9 Å². The number of rotatable bonds is 2. The summed E-state index contributed by atoms with van der Waals surface area (Å²) in [5, 5.41) is 16.1. The highest BCUT2D eigenvalue weighted by molar-refractivity contribution is 9.10. The zero-order valence-corrected chi connectivity index (χ0v) is 8.93. The number of hydrogen-bond acceptors (Lipinski definition) is 4. The second-order valence-corrected chi connectivity index (χ2v) is 3.52. The predicted octanol–water partition coefficient (Wildman–Crippen LogP) is 2.20. The van der Waals surface area contributed by atoms with E-state index in [1.165, 1.54) is 12.3 Å². The van der Waals surface area contributed by atoms with E-state index in [9.17, 15) is 4.79 Å². The maximum absolute atomic E-state index is 10.7. The Morgan fingerprint density at radius 2 is 2.27 bits per heavy atom. The van der Waals surface area contributed by atoms with Crippen LogP contribution in [0.25, 0.3) is 11.5 Å². The molecule has 0 amide bonds. The highest BCUT2D eigenvalue weighted by Crippen LogP contribution is 2.23. The molecule has 5 nitrogen and oxygen atoms in total. The van der Waals surface area contributed by atoms with E-state index in [0.29, 0.717) is 16.1 Å². The third-order valence-electron chi connectivity index (χ3n) is 1.73. The molecule has 0 saturated carbocycles. The lowest BCUT2D eigenvalue weighted by atomic mass is 10.2. The first kappa shape index (κ1) is 9.85. The lowest BCUT2D eigenvalue weighted by molar-refractivity contribution is 0.0696. The van der Waals surface area contributed by atoms with Crippen molar-refractivity contribution in [3.63, 3.8) is 0 Å². The molecular weight excluding hydrogens is 264 g/mol. The summed E-state index contributed by atoms with van der Waals surface area (Å²) in [7, 11) is 0. The number of carboxylic acid groups (broad SMARTS) is 1. The fourth-order valence-corrected chi connectivity index (χ4v) is 1.36. The van der Waals surface area contributed by atoms with Crippen molar-refractivity contribution in [3.05, 3.63) is 34.6 Å². The Labute approximate surface area is 92.9 Å². The minimum Gasteiger partial charge on any atom is -0.478 e. The summed E-state index contributed by atoms with van der Waals surface area (Å²) < 4.78 is 5.78. The second kappa shape index (κ2) is 3.82. The first-order valence-electron chi connectivity index (χ1n) is 3.98. The summed E-state index contributed by atoms with van der Waals surface area (Å²) >= 11 is 3.15. The van der Waals surface area contributed by atoms with Crippen LogP contribution in [-0.4, -0.2) is 21.3 Å². The molecule has 2 rings (SSSR count).